The van der Waals surface area contributed by atoms with Gasteiger partial charge in [-0.2, -0.15) is 0 Å². The summed E-state index contributed by atoms with van der Waals surface area (Å²) in [7, 11) is -4.25. The minimum absolute atomic E-state index is 0.0214. The van der Waals surface area contributed by atoms with Crippen LogP contribution in [-0.2, 0) is 32.6 Å². The number of hydrogen-bond donors (Lipinski definition) is 1. The lowest BCUT2D eigenvalue weighted by atomic mass is 10.0. The monoisotopic (exact) mass is 679 g/mol. The average molecular weight is 681 g/mol. The third-order valence-corrected chi connectivity index (χ3v) is 9.58. The molecule has 0 heterocycles. The number of amides is 2. The van der Waals surface area contributed by atoms with E-state index in [4.69, 9.17) is 0 Å². The zero-order valence-electron chi connectivity index (χ0n) is 24.6. The van der Waals surface area contributed by atoms with Crippen LogP contribution in [0.1, 0.15) is 31.4 Å². The molecule has 0 radical (unpaired) electrons. The molecule has 4 aromatic rings. The smallest absolute Gasteiger partial charge is 0.264 e. The third-order valence-electron chi connectivity index (χ3n) is 7.26. The molecule has 0 saturated heterocycles. The van der Waals surface area contributed by atoms with Crippen molar-refractivity contribution >= 4 is 43.5 Å². The van der Waals surface area contributed by atoms with Crippen molar-refractivity contribution in [1.29, 1.82) is 0 Å². The van der Waals surface area contributed by atoms with E-state index in [0.29, 0.717) is 6.42 Å². The Morgan fingerprint density at radius 2 is 1.43 bits per heavy atom. The van der Waals surface area contributed by atoms with Crippen LogP contribution >= 0.6 is 15.9 Å². The minimum atomic E-state index is -4.25. The van der Waals surface area contributed by atoms with Crippen LogP contribution in [0.4, 0.5) is 10.1 Å². The highest BCUT2D eigenvalue weighted by Crippen LogP contribution is 2.25. The highest BCUT2D eigenvalue weighted by molar-refractivity contribution is 9.10. The molecule has 0 saturated carbocycles. The van der Waals surface area contributed by atoms with Gasteiger partial charge in [-0.15, -0.1) is 0 Å². The molecule has 0 unspecified atom stereocenters. The highest BCUT2D eigenvalue weighted by Gasteiger charge is 2.35. The van der Waals surface area contributed by atoms with E-state index in [2.05, 4.69) is 21.2 Å². The van der Waals surface area contributed by atoms with Gasteiger partial charge in [0.05, 0.1) is 10.6 Å². The van der Waals surface area contributed by atoms with Gasteiger partial charge in [0.2, 0.25) is 11.8 Å². The summed E-state index contributed by atoms with van der Waals surface area (Å²) >= 11 is 3.44. The van der Waals surface area contributed by atoms with E-state index in [9.17, 15) is 22.4 Å². The molecule has 0 aliphatic rings. The predicted octanol–water partition coefficient (Wildman–Crippen LogP) is 6.34. The van der Waals surface area contributed by atoms with Gasteiger partial charge in [0, 0.05) is 23.5 Å². The summed E-state index contributed by atoms with van der Waals surface area (Å²) in [5, 5.41) is 3.01. The van der Waals surface area contributed by atoms with Gasteiger partial charge in [-0.3, -0.25) is 13.9 Å². The summed E-state index contributed by atoms with van der Waals surface area (Å²) in [5.41, 5.74) is 1.73. The molecule has 0 fully saturated rings. The Labute approximate surface area is 266 Å². The maximum Gasteiger partial charge on any atom is 0.264 e. The van der Waals surface area contributed by atoms with Crippen molar-refractivity contribution in [2.45, 2.75) is 50.2 Å². The van der Waals surface area contributed by atoms with Gasteiger partial charge < -0.3 is 10.2 Å². The number of halogens is 2. The number of sulfonamides is 1. The van der Waals surface area contributed by atoms with Crippen LogP contribution in [0, 0.1) is 5.82 Å². The topological polar surface area (TPSA) is 86.8 Å². The third kappa shape index (κ3) is 8.54. The van der Waals surface area contributed by atoms with Crippen molar-refractivity contribution in [2.75, 3.05) is 10.8 Å². The van der Waals surface area contributed by atoms with E-state index in [1.54, 1.807) is 18.2 Å². The lowest BCUT2D eigenvalue weighted by Crippen LogP contribution is -2.54. The molecule has 7 nitrogen and oxygen atoms in total. The van der Waals surface area contributed by atoms with Crippen molar-refractivity contribution in [2.24, 2.45) is 0 Å². The predicted molar refractivity (Wildman–Crippen MR) is 174 cm³/mol. The highest BCUT2D eigenvalue weighted by atomic mass is 79.9. The second-order valence-electron chi connectivity index (χ2n) is 10.5. The van der Waals surface area contributed by atoms with Crippen molar-refractivity contribution in [1.82, 2.24) is 10.2 Å². The van der Waals surface area contributed by atoms with Gasteiger partial charge in [0.1, 0.15) is 18.4 Å². The summed E-state index contributed by atoms with van der Waals surface area (Å²) in [6.07, 6.45) is 0.908. The molecule has 4 rings (SSSR count). The Morgan fingerprint density at radius 1 is 0.841 bits per heavy atom. The summed E-state index contributed by atoms with van der Waals surface area (Å²) in [4.78, 5) is 29.6. The second kappa shape index (κ2) is 15.1. The van der Waals surface area contributed by atoms with Crippen LogP contribution in [0.3, 0.4) is 0 Å². The van der Waals surface area contributed by atoms with Gasteiger partial charge in [-0.25, -0.2) is 12.8 Å². The van der Waals surface area contributed by atoms with E-state index in [1.165, 1.54) is 29.2 Å². The number of nitrogens with zero attached hydrogens (tertiary/aromatic N) is 2. The van der Waals surface area contributed by atoms with Crippen molar-refractivity contribution < 1.29 is 22.4 Å². The van der Waals surface area contributed by atoms with Gasteiger partial charge in [0.25, 0.3) is 10.0 Å². The zero-order valence-corrected chi connectivity index (χ0v) is 27.0. The lowest BCUT2D eigenvalue weighted by molar-refractivity contribution is -0.140. The zero-order chi connectivity index (χ0) is 31.7. The second-order valence-corrected chi connectivity index (χ2v) is 13.3. The Morgan fingerprint density at radius 3 is 2.02 bits per heavy atom. The maximum atomic E-state index is 14.4. The number of nitrogens with one attached hydrogen (secondary N) is 1. The van der Waals surface area contributed by atoms with E-state index in [-0.39, 0.29) is 35.5 Å². The standard InChI is InChI=1S/C34H35BrFN3O4S/c1-3-25(2)37-34(41)32(22-26-10-6-4-7-11-26)38(23-27-14-16-28(35)17-15-27)33(40)24-39(30-20-18-29(36)19-21-30)44(42,43)31-12-8-5-9-13-31/h4-21,25,32H,3,22-24H2,1-2H3,(H,37,41)/t25-,32-/m0/s1. The molecule has 0 aliphatic heterocycles. The Balaban J connectivity index is 1.79. The molecule has 2 atom stereocenters. The van der Waals surface area contributed by atoms with Crippen LogP contribution in [0.25, 0.3) is 0 Å². The first-order valence-electron chi connectivity index (χ1n) is 14.3. The summed E-state index contributed by atoms with van der Waals surface area (Å²) < 4.78 is 43.5. The molecule has 0 bridgehead atoms. The number of carbonyl (C=O) groups is 2. The molecule has 4 aromatic carbocycles. The molecule has 0 aromatic heterocycles. The van der Waals surface area contributed by atoms with E-state index >= 15 is 0 Å². The molecule has 10 heteroatoms. The largest absolute Gasteiger partial charge is 0.352 e. The maximum absolute atomic E-state index is 14.4. The SMILES string of the molecule is CC[C@H](C)NC(=O)[C@H](Cc1ccccc1)N(Cc1ccc(Br)cc1)C(=O)CN(c1ccc(F)cc1)S(=O)(=O)c1ccccc1. The molecule has 2 amide bonds. The number of anilines is 1. The molecular weight excluding hydrogens is 645 g/mol. The van der Waals surface area contributed by atoms with Crippen molar-refractivity contribution in [3.8, 4) is 0 Å². The number of benzene rings is 4. The Bertz CT molecular complexity index is 1640. The van der Waals surface area contributed by atoms with Gasteiger partial charge in [-0.1, -0.05) is 83.5 Å². The van der Waals surface area contributed by atoms with E-state index in [0.717, 1.165) is 32.0 Å². The first kappa shape index (κ1) is 32.9. The van der Waals surface area contributed by atoms with Gasteiger partial charge in [-0.05, 0) is 73.0 Å². The Hall–Kier alpha value is -4.02. The molecule has 230 valence electrons. The van der Waals surface area contributed by atoms with E-state index < -0.39 is 34.3 Å². The van der Waals surface area contributed by atoms with Gasteiger partial charge in [0.15, 0.2) is 0 Å². The van der Waals surface area contributed by atoms with Crippen LogP contribution in [0.5, 0.6) is 0 Å². The number of rotatable bonds is 13. The summed E-state index contributed by atoms with van der Waals surface area (Å²) in [5.74, 6) is -1.47. The summed E-state index contributed by atoms with van der Waals surface area (Å²) in [6, 6.07) is 28.3. The van der Waals surface area contributed by atoms with Crippen LogP contribution in [-0.4, -0.2) is 43.8 Å². The molecule has 1 N–H and O–H groups in total. The lowest BCUT2D eigenvalue weighted by Gasteiger charge is -2.34. The molecule has 0 aliphatic carbocycles. The fourth-order valence-electron chi connectivity index (χ4n) is 4.64. The van der Waals surface area contributed by atoms with Crippen LogP contribution in [0.2, 0.25) is 0 Å². The molecular formula is C34H35BrFN3O4S. The Kier molecular flexibility index (Phi) is 11.3. The molecule has 0 spiro atoms. The quantitative estimate of drug-likeness (QED) is 0.179. The number of carbonyl (C=O) groups excluding carboxylic acids is 2. The first-order valence-corrected chi connectivity index (χ1v) is 16.5. The fraction of sp³-hybridized carbons (Fsp3) is 0.235. The van der Waals surface area contributed by atoms with Gasteiger partial charge >= 0.3 is 0 Å². The van der Waals surface area contributed by atoms with Crippen LogP contribution in [0.15, 0.2) is 119 Å². The van der Waals surface area contributed by atoms with E-state index in [1.807, 2.05) is 68.4 Å². The first-order chi connectivity index (χ1) is 21.1. The van der Waals surface area contributed by atoms with Crippen molar-refractivity contribution in [3.63, 3.8) is 0 Å². The van der Waals surface area contributed by atoms with Crippen LogP contribution < -0.4 is 9.62 Å². The van der Waals surface area contributed by atoms with Crippen molar-refractivity contribution in [3.05, 3.63) is 131 Å². The number of hydrogen-bond acceptors (Lipinski definition) is 4. The minimum Gasteiger partial charge on any atom is -0.352 e. The average Bonchev–Trinajstić information content (AvgIpc) is 3.03. The fourth-order valence-corrected chi connectivity index (χ4v) is 6.34. The molecule has 44 heavy (non-hydrogen) atoms. The summed E-state index contributed by atoms with van der Waals surface area (Å²) in [6.45, 7) is 3.29. The normalized spacial score (nSPS) is 12.6.